The number of ether oxygens (including phenoxy) is 2. The normalized spacial score (nSPS) is 19.7. The molecule has 9 nitrogen and oxygen atoms in total. The number of aromatic nitrogens is 3. The van der Waals surface area contributed by atoms with Gasteiger partial charge in [-0.2, -0.15) is 0 Å². The number of carbonyl (C=O) groups is 2. The minimum absolute atomic E-state index is 0.0191. The van der Waals surface area contributed by atoms with Gasteiger partial charge in [0.15, 0.2) is 6.17 Å². The number of primary amides is 1. The molecule has 2 N–H and O–H groups in total. The number of aryl methyl sites for hydroxylation is 1. The van der Waals surface area contributed by atoms with Gasteiger partial charge in [-0.15, -0.1) is 0 Å². The summed E-state index contributed by atoms with van der Waals surface area (Å²) in [6, 6.07) is 9.02. The summed E-state index contributed by atoms with van der Waals surface area (Å²) in [6.07, 6.45) is 5.46. The fraction of sp³-hybridized carbons (Fsp3) is 0.385. The van der Waals surface area contributed by atoms with Gasteiger partial charge >= 0.3 is 0 Å². The third kappa shape index (κ3) is 5.32. The molecule has 3 aromatic rings. The van der Waals surface area contributed by atoms with E-state index in [1.54, 1.807) is 23.2 Å². The number of hydrogen-bond acceptors (Lipinski definition) is 6. The van der Waals surface area contributed by atoms with Crippen molar-refractivity contribution in [3.8, 4) is 22.9 Å². The summed E-state index contributed by atoms with van der Waals surface area (Å²) >= 11 is 0. The van der Waals surface area contributed by atoms with Crippen molar-refractivity contribution >= 4 is 11.8 Å². The van der Waals surface area contributed by atoms with Gasteiger partial charge in [0.05, 0.1) is 37.3 Å². The van der Waals surface area contributed by atoms with Gasteiger partial charge in [0.2, 0.25) is 11.8 Å². The quantitative estimate of drug-likeness (QED) is 0.516. The van der Waals surface area contributed by atoms with Crippen LogP contribution in [0.25, 0.3) is 11.3 Å². The first-order valence-corrected chi connectivity index (χ1v) is 12.0. The number of carbonyl (C=O) groups excluding carboxylic acids is 2. The molecule has 0 bridgehead atoms. The zero-order valence-corrected chi connectivity index (χ0v) is 20.0. The van der Waals surface area contributed by atoms with Crippen LogP contribution >= 0.6 is 0 Å². The van der Waals surface area contributed by atoms with E-state index in [1.165, 1.54) is 11.1 Å². The summed E-state index contributed by atoms with van der Waals surface area (Å²) < 4.78 is 28.4. The Morgan fingerprint density at radius 1 is 1.14 bits per heavy atom. The summed E-state index contributed by atoms with van der Waals surface area (Å²) in [5, 5.41) is 0. The first-order chi connectivity index (χ1) is 17.4. The fourth-order valence-corrected chi connectivity index (χ4v) is 4.23. The molecule has 2 aromatic heterocycles. The lowest BCUT2D eigenvalue weighted by Gasteiger charge is -2.34. The van der Waals surface area contributed by atoms with Crippen LogP contribution in [0.2, 0.25) is 0 Å². The van der Waals surface area contributed by atoms with Gasteiger partial charge in [0.25, 0.3) is 5.91 Å². The van der Waals surface area contributed by atoms with E-state index >= 15 is 4.39 Å². The van der Waals surface area contributed by atoms with Crippen LogP contribution in [0, 0.1) is 0 Å². The summed E-state index contributed by atoms with van der Waals surface area (Å²) in [6.45, 7) is 0.247. The Morgan fingerprint density at radius 2 is 1.92 bits per heavy atom. The highest BCUT2D eigenvalue weighted by molar-refractivity contribution is 5.96. The highest BCUT2D eigenvalue weighted by Gasteiger charge is 2.34. The van der Waals surface area contributed by atoms with Crippen molar-refractivity contribution < 1.29 is 23.5 Å². The maximum Gasteiger partial charge on any atom is 0.254 e. The van der Waals surface area contributed by atoms with Crippen molar-refractivity contribution in [1.82, 2.24) is 19.4 Å². The van der Waals surface area contributed by atoms with Crippen molar-refractivity contribution in [3.05, 3.63) is 60.2 Å². The minimum Gasteiger partial charge on any atom is -0.490 e. The van der Waals surface area contributed by atoms with E-state index in [4.69, 9.17) is 15.2 Å². The Morgan fingerprint density at radius 3 is 2.56 bits per heavy atom. The number of rotatable bonds is 8. The molecule has 188 valence electrons. The number of imidazole rings is 1. The number of benzene rings is 1. The molecule has 1 saturated carbocycles. The first-order valence-electron chi connectivity index (χ1n) is 12.0. The number of alkyl halides is 1. The number of amides is 2. The molecule has 2 fully saturated rings. The van der Waals surface area contributed by atoms with E-state index in [2.05, 4.69) is 9.97 Å². The molecule has 3 heterocycles. The van der Waals surface area contributed by atoms with Crippen LogP contribution in [-0.4, -0.2) is 62.7 Å². The van der Waals surface area contributed by atoms with Crippen molar-refractivity contribution in [2.24, 2.45) is 12.8 Å². The second-order valence-corrected chi connectivity index (χ2v) is 9.27. The Balaban J connectivity index is 1.20. The summed E-state index contributed by atoms with van der Waals surface area (Å²) in [5.41, 5.74) is 7.85. The molecule has 1 aromatic carbocycles. The maximum atomic E-state index is 15.1. The Bertz CT molecular complexity index is 1260. The molecule has 1 saturated heterocycles. The number of piperidine rings is 1. The number of nitrogens with zero attached hydrogens (tertiary/aromatic N) is 4. The van der Waals surface area contributed by atoms with Crippen LogP contribution in [0.1, 0.15) is 35.2 Å². The van der Waals surface area contributed by atoms with Crippen molar-refractivity contribution in [2.45, 2.75) is 44.1 Å². The van der Waals surface area contributed by atoms with Crippen LogP contribution < -0.4 is 15.2 Å². The molecule has 5 rings (SSSR count). The number of likely N-dealkylation sites (tertiary alicyclic amines) is 1. The molecule has 2 atom stereocenters. The molecular weight excluding hydrogens is 465 g/mol. The number of nitrogens with two attached hydrogens (primary N) is 1. The van der Waals surface area contributed by atoms with Crippen LogP contribution in [0.3, 0.4) is 0 Å². The Hall–Kier alpha value is -3.95. The largest absolute Gasteiger partial charge is 0.490 e. The maximum absolute atomic E-state index is 15.1. The van der Waals surface area contributed by atoms with Crippen molar-refractivity contribution in [3.63, 3.8) is 0 Å². The van der Waals surface area contributed by atoms with Crippen molar-refractivity contribution in [2.75, 3.05) is 13.1 Å². The van der Waals surface area contributed by atoms with E-state index < -0.39 is 18.2 Å². The molecule has 2 amide bonds. The highest BCUT2D eigenvalue weighted by atomic mass is 19.1. The van der Waals surface area contributed by atoms with E-state index in [0.717, 1.165) is 29.8 Å². The van der Waals surface area contributed by atoms with Crippen LogP contribution in [0.4, 0.5) is 4.39 Å². The van der Waals surface area contributed by atoms with E-state index in [9.17, 15) is 9.59 Å². The molecular formula is C26H28FN5O4. The highest BCUT2D eigenvalue weighted by Crippen LogP contribution is 2.28. The van der Waals surface area contributed by atoms with Gasteiger partial charge in [-0.05, 0) is 36.6 Å². The third-order valence-corrected chi connectivity index (χ3v) is 6.43. The number of hydrogen-bond donors (Lipinski definition) is 1. The van der Waals surface area contributed by atoms with Gasteiger partial charge in [-0.3, -0.25) is 9.59 Å². The predicted octanol–water partition coefficient (Wildman–Crippen LogP) is 2.68. The van der Waals surface area contributed by atoms with Crippen LogP contribution in [0.15, 0.2) is 49.1 Å². The lowest BCUT2D eigenvalue weighted by molar-refractivity contribution is -0.134. The number of pyridine rings is 1. The van der Waals surface area contributed by atoms with Gasteiger partial charge in [-0.1, -0.05) is 12.1 Å². The zero-order chi connectivity index (χ0) is 25.2. The third-order valence-electron chi connectivity index (χ3n) is 6.43. The number of halogens is 1. The smallest absolute Gasteiger partial charge is 0.254 e. The first kappa shape index (κ1) is 23.8. The van der Waals surface area contributed by atoms with Crippen LogP contribution in [0.5, 0.6) is 11.6 Å². The molecule has 2 aliphatic rings. The van der Waals surface area contributed by atoms with Gasteiger partial charge in [-0.25, -0.2) is 14.4 Å². The SMILES string of the molecule is Cn1cncc1-c1cnc(OC2CCN(C(=O)Cc3ccc(OC4CC4)cc3)CC2F)c(C(N)=O)c1. The topological polar surface area (TPSA) is 113 Å². The Labute approximate surface area is 208 Å². The lowest BCUT2D eigenvalue weighted by Crippen LogP contribution is -2.49. The van der Waals surface area contributed by atoms with E-state index in [1.807, 2.05) is 31.3 Å². The molecule has 2 unspecified atom stereocenters. The lowest BCUT2D eigenvalue weighted by atomic mass is 10.0. The molecule has 1 aliphatic carbocycles. The monoisotopic (exact) mass is 493 g/mol. The van der Waals surface area contributed by atoms with Gasteiger partial charge in [0.1, 0.15) is 17.4 Å². The standard InChI is InChI=1S/C26H28FN5O4/c1-31-15-29-13-22(31)17-11-20(25(28)34)26(30-12-17)36-23-8-9-32(14-21(23)27)24(33)10-16-2-4-18(5-3-16)35-19-6-7-19/h2-5,11-13,15,19,21,23H,6-10,14H2,1H3,(H2,28,34). The average molecular weight is 494 g/mol. The Kier molecular flexibility index (Phi) is 6.58. The summed E-state index contributed by atoms with van der Waals surface area (Å²) in [5.74, 6) is -0.0938. The second-order valence-electron chi connectivity index (χ2n) is 9.27. The minimum atomic E-state index is -1.43. The molecule has 36 heavy (non-hydrogen) atoms. The predicted molar refractivity (Wildman–Crippen MR) is 129 cm³/mol. The molecule has 1 aliphatic heterocycles. The van der Waals surface area contributed by atoms with Gasteiger partial charge < -0.3 is 24.7 Å². The molecule has 0 radical (unpaired) electrons. The van der Waals surface area contributed by atoms with E-state index in [0.29, 0.717) is 18.2 Å². The molecule has 0 spiro atoms. The molecule has 10 heteroatoms. The average Bonchev–Trinajstić information content (AvgIpc) is 3.58. The fourth-order valence-electron chi connectivity index (χ4n) is 4.23. The van der Waals surface area contributed by atoms with Gasteiger partial charge in [0, 0.05) is 31.8 Å². The van der Waals surface area contributed by atoms with E-state index in [-0.39, 0.29) is 36.7 Å². The van der Waals surface area contributed by atoms with Crippen molar-refractivity contribution in [1.29, 1.82) is 0 Å². The second kappa shape index (κ2) is 9.96. The summed E-state index contributed by atoms with van der Waals surface area (Å²) in [7, 11) is 1.82. The summed E-state index contributed by atoms with van der Waals surface area (Å²) in [4.78, 5) is 34.7. The zero-order valence-electron chi connectivity index (χ0n) is 20.0. The van der Waals surface area contributed by atoms with Crippen LogP contribution in [-0.2, 0) is 18.3 Å².